The molecule has 1 unspecified atom stereocenters. The highest BCUT2D eigenvalue weighted by Gasteiger charge is 2.29. The van der Waals surface area contributed by atoms with Crippen LogP contribution in [0.2, 0.25) is 25.7 Å². The van der Waals surface area contributed by atoms with Gasteiger partial charge in [0.25, 0.3) is 0 Å². The molecule has 0 amide bonds. The van der Waals surface area contributed by atoms with Crippen LogP contribution in [0.15, 0.2) is 12.2 Å². The summed E-state index contributed by atoms with van der Waals surface area (Å²) in [5, 5.41) is 9.58. The summed E-state index contributed by atoms with van der Waals surface area (Å²) in [6, 6.07) is 0.928. The van der Waals surface area contributed by atoms with Crippen molar-refractivity contribution in [2.45, 2.75) is 31.5 Å². The van der Waals surface area contributed by atoms with Crippen LogP contribution in [0, 0.1) is 0 Å². The lowest BCUT2D eigenvalue weighted by molar-refractivity contribution is 0.200. The Kier molecular flexibility index (Phi) is 5.99. The third kappa shape index (κ3) is 5.63. The topological polar surface area (TPSA) is 55.8 Å². The average molecular weight is 252 g/mol. The van der Waals surface area contributed by atoms with E-state index in [2.05, 4.69) is 28.7 Å². The predicted molar refractivity (Wildman–Crippen MR) is 64.9 cm³/mol. The number of hydrogen-bond acceptors (Lipinski definition) is 4. The standard InChI is InChI=1S/C9H21O4PSi/c1-12-14(11,13-2)9(10)7-6-8-15(3,4)5/h6-7,9-10H,8H2,1-5H3/b7-6+. The molecular weight excluding hydrogens is 231 g/mol. The van der Waals surface area contributed by atoms with E-state index in [1.807, 2.05) is 6.08 Å². The molecule has 0 rings (SSSR count). The van der Waals surface area contributed by atoms with Crippen molar-refractivity contribution in [1.29, 1.82) is 0 Å². The van der Waals surface area contributed by atoms with E-state index in [0.29, 0.717) is 0 Å². The van der Waals surface area contributed by atoms with Crippen molar-refractivity contribution in [3.8, 4) is 0 Å². The van der Waals surface area contributed by atoms with Crippen LogP contribution in [0.3, 0.4) is 0 Å². The first kappa shape index (κ1) is 15.1. The zero-order valence-corrected chi connectivity index (χ0v) is 12.0. The van der Waals surface area contributed by atoms with E-state index in [-0.39, 0.29) is 0 Å². The van der Waals surface area contributed by atoms with Crippen LogP contribution in [-0.2, 0) is 13.6 Å². The molecule has 0 fully saturated rings. The van der Waals surface area contributed by atoms with Gasteiger partial charge in [-0.25, -0.2) is 0 Å². The Morgan fingerprint density at radius 2 is 1.80 bits per heavy atom. The minimum absolute atomic E-state index is 0.928. The lowest BCUT2D eigenvalue weighted by Gasteiger charge is -2.17. The fourth-order valence-corrected chi connectivity index (χ4v) is 2.70. The fraction of sp³-hybridized carbons (Fsp3) is 0.778. The third-order valence-electron chi connectivity index (χ3n) is 1.87. The van der Waals surface area contributed by atoms with Crippen molar-refractivity contribution < 1.29 is 18.7 Å². The maximum absolute atomic E-state index is 11.7. The lowest BCUT2D eigenvalue weighted by Crippen LogP contribution is -2.17. The van der Waals surface area contributed by atoms with Gasteiger partial charge in [-0.2, -0.15) is 0 Å². The SMILES string of the molecule is COP(=O)(OC)C(O)/C=C/C[Si](C)(C)C. The molecule has 15 heavy (non-hydrogen) atoms. The average Bonchev–Trinajstić information content (AvgIpc) is 2.14. The van der Waals surface area contributed by atoms with Gasteiger partial charge in [0.05, 0.1) is 0 Å². The molecule has 0 aliphatic heterocycles. The van der Waals surface area contributed by atoms with E-state index in [4.69, 9.17) is 0 Å². The lowest BCUT2D eigenvalue weighted by atomic mass is 10.5. The van der Waals surface area contributed by atoms with Crippen LogP contribution >= 0.6 is 7.60 Å². The largest absolute Gasteiger partial charge is 0.377 e. The maximum atomic E-state index is 11.7. The molecule has 4 nitrogen and oxygen atoms in total. The Labute approximate surface area is 92.8 Å². The predicted octanol–water partition coefficient (Wildman–Crippen LogP) is 2.69. The van der Waals surface area contributed by atoms with Crippen LogP contribution in [0.25, 0.3) is 0 Å². The normalized spacial score (nSPS) is 15.9. The van der Waals surface area contributed by atoms with Crippen LogP contribution in [0.1, 0.15) is 0 Å². The molecule has 1 N–H and O–H groups in total. The molecule has 0 aliphatic carbocycles. The first-order chi connectivity index (χ1) is 6.75. The summed E-state index contributed by atoms with van der Waals surface area (Å²) in [6.45, 7) is 6.65. The Balaban J connectivity index is 4.36. The Morgan fingerprint density at radius 1 is 1.33 bits per heavy atom. The van der Waals surface area contributed by atoms with Gasteiger partial charge < -0.3 is 14.2 Å². The first-order valence-electron chi connectivity index (χ1n) is 4.81. The molecule has 0 spiro atoms. The van der Waals surface area contributed by atoms with Gasteiger partial charge in [-0.3, -0.25) is 4.57 Å². The fourth-order valence-electron chi connectivity index (χ4n) is 0.939. The third-order valence-corrected chi connectivity index (χ3v) is 5.17. The molecule has 6 heteroatoms. The van der Waals surface area contributed by atoms with E-state index in [9.17, 15) is 9.67 Å². The quantitative estimate of drug-likeness (QED) is 0.448. The highest BCUT2D eigenvalue weighted by atomic mass is 31.2. The van der Waals surface area contributed by atoms with Gasteiger partial charge in [-0.1, -0.05) is 25.7 Å². The molecule has 0 saturated heterocycles. The Hall–Kier alpha value is 0.0669. The van der Waals surface area contributed by atoms with Crippen LogP contribution in [0.4, 0.5) is 0 Å². The van der Waals surface area contributed by atoms with Crippen molar-refractivity contribution in [1.82, 2.24) is 0 Å². The van der Waals surface area contributed by atoms with Crippen molar-refractivity contribution in [3.05, 3.63) is 12.2 Å². The molecule has 0 heterocycles. The molecule has 0 radical (unpaired) electrons. The van der Waals surface area contributed by atoms with Gasteiger partial charge in [0.15, 0.2) is 5.85 Å². The molecule has 0 aromatic heterocycles. The van der Waals surface area contributed by atoms with Crippen molar-refractivity contribution >= 4 is 15.7 Å². The van der Waals surface area contributed by atoms with Gasteiger partial charge >= 0.3 is 7.60 Å². The van der Waals surface area contributed by atoms with E-state index in [1.54, 1.807) is 0 Å². The van der Waals surface area contributed by atoms with Crippen molar-refractivity contribution in [3.63, 3.8) is 0 Å². The van der Waals surface area contributed by atoms with E-state index < -0.39 is 21.5 Å². The summed E-state index contributed by atoms with van der Waals surface area (Å²) < 4.78 is 21.0. The monoisotopic (exact) mass is 252 g/mol. The molecule has 0 aliphatic rings. The Bertz CT molecular complexity index is 251. The van der Waals surface area contributed by atoms with Crippen LogP contribution in [0.5, 0.6) is 0 Å². The first-order valence-corrected chi connectivity index (χ1v) is 10.1. The van der Waals surface area contributed by atoms with Gasteiger partial charge in [-0.15, -0.1) is 0 Å². The van der Waals surface area contributed by atoms with Gasteiger partial charge in [0.1, 0.15) is 0 Å². The van der Waals surface area contributed by atoms with E-state index >= 15 is 0 Å². The van der Waals surface area contributed by atoms with E-state index in [1.165, 1.54) is 20.3 Å². The second-order valence-electron chi connectivity index (χ2n) is 4.51. The van der Waals surface area contributed by atoms with Crippen molar-refractivity contribution in [2.75, 3.05) is 14.2 Å². The molecule has 90 valence electrons. The smallest absolute Gasteiger partial charge is 0.362 e. The molecule has 0 bridgehead atoms. The molecule has 0 aromatic carbocycles. The van der Waals surface area contributed by atoms with Crippen molar-refractivity contribution in [2.24, 2.45) is 0 Å². The molecule has 0 saturated carbocycles. The zero-order chi connectivity index (χ0) is 12.1. The summed E-state index contributed by atoms with van der Waals surface area (Å²) in [4.78, 5) is 0. The molecule has 1 atom stereocenters. The number of aliphatic hydroxyl groups is 1. The van der Waals surface area contributed by atoms with Gasteiger partial charge in [-0.05, 0) is 12.1 Å². The van der Waals surface area contributed by atoms with E-state index in [0.717, 1.165) is 6.04 Å². The number of hydrogen-bond donors (Lipinski definition) is 1. The second-order valence-corrected chi connectivity index (χ2v) is 12.4. The molecular formula is C9H21O4PSi. The number of rotatable bonds is 6. The highest BCUT2D eigenvalue weighted by Crippen LogP contribution is 2.50. The molecule has 0 aromatic rings. The number of aliphatic hydroxyl groups excluding tert-OH is 1. The summed E-state index contributed by atoms with van der Waals surface area (Å²) in [6.07, 6.45) is 3.34. The summed E-state index contributed by atoms with van der Waals surface area (Å²) >= 11 is 0. The summed E-state index contributed by atoms with van der Waals surface area (Å²) in [5.74, 6) is -1.18. The minimum Gasteiger partial charge on any atom is -0.377 e. The van der Waals surface area contributed by atoms with Crippen LogP contribution in [-0.4, -0.2) is 33.2 Å². The van der Waals surface area contributed by atoms with Gasteiger partial charge in [0, 0.05) is 22.3 Å². The van der Waals surface area contributed by atoms with Gasteiger partial charge in [0.2, 0.25) is 0 Å². The minimum atomic E-state index is -3.37. The zero-order valence-electron chi connectivity index (χ0n) is 10.1. The summed E-state index contributed by atoms with van der Waals surface area (Å²) in [7, 11) is -2.02. The maximum Gasteiger partial charge on any atom is 0.362 e. The number of allylic oxidation sites excluding steroid dienone is 1. The second kappa shape index (κ2) is 5.96. The Morgan fingerprint density at radius 3 is 2.13 bits per heavy atom. The highest BCUT2D eigenvalue weighted by molar-refractivity contribution is 7.54. The summed E-state index contributed by atoms with van der Waals surface area (Å²) in [5.41, 5.74) is 0. The van der Waals surface area contributed by atoms with Crippen LogP contribution < -0.4 is 0 Å².